The molecule has 1 aromatic rings. The summed E-state index contributed by atoms with van der Waals surface area (Å²) < 4.78 is 5.32. The lowest BCUT2D eigenvalue weighted by atomic mass is 10.0. The molecule has 2 rings (SSSR count). The van der Waals surface area contributed by atoms with E-state index < -0.39 is 16.3 Å². The first kappa shape index (κ1) is 10.9. The van der Waals surface area contributed by atoms with Crippen molar-refractivity contribution in [2.24, 2.45) is 0 Å². The van der Waals surface area contributed by atoms with Crippen molar-refractivity contribution in [3.05, 3.63) is 33.9 Å². The van der Waals surface area contributed by atoms with Crippen LogP contribution in [0.25, 0.3) is 0 Å². The quantitative estimate of drug-likeness (QED) is 0.451. The molecular weight excluding hydrogens is 234 g/mol. The Balaban J connectivity index is 2.29. The van der Waals surface area contributed by atoms with Crippen LogP contribution < -0.4 is 4.74 Å². The zero-order valence-electron chi connectivity index (χ0n) is 8.18. The largest absolute Gasteiger partial charge is 0.481 e. The average molecular weight is 242 g/mol. The number of nitrogens with zero attached hydrogens (tertiary/aromatic N) is 1. The zero-order chi connectivity index (χ0) is 11.7. The molecule has 0 fully saturated rings. The molecule has 1 heterocycles. The second-order valence-corrected chi connectivity index (χ2v) is 3.87. The molecule has 1 aliphatic rings. The van der Waals surface area contributed by atoms with Gasteiger partial charge in [-0.05, 0) is 30.5 Å². The zero-order valence-corrected chi connectivity index (χ0v) is 8.94. The van der Waals surface area contributed by atoms with Crippen molar-refractivity contribution in [1.29, 1.82) is 0 Å². The number of nitro groups is 1. The maximum absolute atomic E-state index is 10.9. The van der Waals surface area contributed by atoms with E-state index in [-0.39, 0.29) is 5.69 Å². The van der Waals surface area contributed by atoms with Crippen LogP contribution >= 0.6 is 11.6 Å². The van der Waals surface area contributed by atoms with E-state index in [0.29, 0.717) is 18.6 Å². The molecule has 0 aliphatic carbocycles. The van der Waals surface area contributed by atoms with E-state index in [0.717, 1.165) is 5.56 Å². The molecule has 0 saturated carbocycles. The van der Waals surface area contributed by atoms with Gasteiger partial charge in [-0.15, -0.1) is 0 Å². The molecule has 0 amide bonds. The third-order valence-corrected chi connectivity index (χ3v) is 2.70. The topological polar surface area (TPSA) is 69.4 Å². The maximum Gasteiger partial charge on any atom is 0.269 e. The molecule has 0 aromatic heterocycles. The number of non-ortho nitro benzene ring substituents is 1. The summed E-state index contributed by atoms with van der Waals surface area (Å²) in [6, 6.07) is 4.31. The minimum Gasteiger partial charge on any atom is -0.481 e. The van der Waals surface area contributed by atoms with Crippen LogP contribution in [0.2, 0.25) is 0 Å². The molecule has 0 N–H and O–H groups in total. The molecule has 16 heavy (non-hydrogen) atoms. The Morgan fingerprint density at radius 3 is 2.94 bits per heavy atom. The predicted molar refractivity (Wildman–Crippen MR) is 56.7 cm³/mol. The van der Waals surface area contributed by atoms with Crippen LogP contribution in [0.4, 0.5) is 5.69 Å². The molecule has 1 atom stereocenters. The average Bonchev–Trinajstić information content (AvgIpc) is 2.27. The van der Waals surface area contributed by atoms with Gasteiger partial charge in [-0.3, -0.25) is 14.9 Å². The Kier molecular flexibility index (Phi) is 2.78. The summed E-state index contributed by atoms with van der Waals surface area (Å²) in [6.45, 7) is 0. The van der Waals surface area contributed by atoms with E-state index in [9.17, 15) is 14.9 Å². The van der Waals surface area contributed by atoms with Crippen LogP contribution in [0.15, 0.2) is 18.2 Å². The van der Waals surface area contributed by atoms with Gasteiger partial charge in [0, 0.05) is 17.7 Å². The Labute approximate surface area is 96.1 Å². The minimum atomic E-state index is -0.643. The monoisotopic (exact) mass is 241 g/mol. The lowest BCUT2D eigenvalue weighted by Crippen LogP contribution is -2.28. The first-order valence-corrected chi connectivity index (χ1v) is 5.09. The summed E-state index contributed by atoms with van der Waals surface area (Å²) in [5, 5.41) is 10.0. The Bertz CT molecular complexity index is 460. The van der Waals surface area contributed by atoms with Crippen molar-refractivity contribution in [3.63, 3.8) is 0 Å². The van der Waals surface area contributed by atoms with Crippen LogP contribution in [0.3, 0.4) is 0 Å². The van der Waals surface area contributed by atoms with Crippen molar-refractivity contribution in [2.75, 3.05) is 0 Å². The summed E-state index contributed by atoms with van der Waals surface area (Å²) in [5.74, 6) is 0.496. The van der Waals surface area contributed by atoms with E-state index in [1.54, 1.807) is 0 Å². The first-order valence-electron chi connectivity index (χ1n) is 4.71. The van der Waals surface area contributed by atoms with Crippen LogP contribution in [-0.4, -0.2) is 16.3 Å². The number of aryl methyl sites for hydroxylation is 1. The Morgan fingerprint density at radius 2 is 2.31 bits per heavy atom. The van der Waals surface area contributed by atoms with Gasteiger partial charge in [-0.1, -0.05) is 0 Å². The third-order valence-electron chi connectivity index (χ3n) is 2.45. The van der Waals surface area contributed by atoms with Crippen molar-refractivity contribution < 1.29 is 14.5 Å². The maximum atomic E-state index is 10.9. The fourth-order valence-corrected chi connectivity index (χ4v) is 1.80. The van der Waals surface area contributed by atoms with Crippen LogP contribution in [0.5, 0.6) is 5.75 Å². The van der Waals surface area contributed by atoms with E-state index >= 15 is 0 Å². The number of rotatable bonds is 2. The highest BCUT2D eigenvalue weighted by Gasteiger charge is 2.25. The number of ether oxygens (including phenoxy) is 1. The number of hydrogen-bond donors (Lipinski definition) is 0. The van der Waals surface area contributed by atoms with Gasteiger partial charge in [-0.25, -0.2) is 0 Å². The lowest BCUT2D eigenvalue weighted by Gasteiger charge is -2.22. The van der Waals surface area contributed by atoms with E-state index in [2.05, 4.69) is 0 Å². The van der Waals surface area contributed by atoms with Crippen molar-refractivity contribution >= 4 is 22.5 Å². The molecule has 0 spiro atoms. The molecule has 0 bridgehead atoms. The number of halogens is 1. The number of carbonyl (C=O) groups is 1. The van der Waals surface area contributed by atoms with Crippen LogP contribution in [0.1, 0.15) is 12.0 Å². The van der Waals surface area contributed by atoms with Crippen molar-refractivity contribution in [1.82, 2.24) is 0 Å². The molecule has 6 heteroatoms. The second-order valence-electron chi connectivity index (χ2n) is 3.50. The molecule has 5 nitrogen and oxygen atoms in total. The number of benzene rings is 1. The van der Waals surface area contributed by atoms with Gasteiger partial charge in [-0.2, -0.15) is 0 Å². The Morgan fingerprint density at radius 1 is 1.56 bits per heavy atom. The van der Waals surface area contributed by atoms with Crippen LogP contribution in [-0.2, 0) is 11.2 Å². The summed E-state index contributed by atoms with van der Waals surface area (Å²) in [7, 11) is 0. The van der Waals surface area contributed by atoms with Gasteiger partial charge in [0.15, 0.2) is 6.10 Å². The van der Waals surface area contributed by atoms with Crippen LogP contribution in [0, 0.1) is 10.1 Å². The number of hydrogen-bond acceptors (Lipinski definition) is 4. The number of fused-ring (bicyclic) bond motifs is 1. The highest BCUT2D eigenvalue weighted by molar-refractivity contribution is 6.64. The summed E-state index contributed by atoms with van der Waals surface area (Å²) in [4.78, 5) is 21.0. The van der Waals surface area contributed by atoms with Gasteiger partial charge >= 0.3 is 0 Å². The van der Waals surface area contributed by atoms with E-state index in [1.165, 1.54) is 18.2 Å². The molecular formula is C10H8ClNO4. The Hall–Kier alpha value is -1.62. The smallest absolute Gasteiger partial charge is 0.269 e. The summed E-state index contributed by atoms with van der Waals surface area (Å²) >= 11 is 5.33. The number of nitro benzene ring substituents is 1. The van der Waals surface area contributed by atoms with Gasteiger partial charge in [0.25, 0.3) is 10.9 Å². The molecule has 1 aliphatic heterocycles. The summed E-state index contributed by atoms with van der Waals surface area (Å²) in [5.41, 5.74) is 0.765. The third kappa shape index (κ3) is 1.99. The standard InChI is InChI=1S/C10H8ClNO4/c11-10(13)9-3-1-6-5-7(12(14)15)2-4-8(6)16-9/h2,4-5,9H,1,3H2. The SMILES string of the molecule is O=C(Cl)C1CCc2cc([N+](=O)[O-])ccc2O1. The fourth-order valence-electron chi connectivity index (χ4n) is 1.65. The molecule has 84 valence electrons. The first-order chi connectivity index (χ1) is 7.58. The lowest BCUT2D eigenvalue weighted by molar-refractivity contribution is -0.385. The van der Waals surface area contributed by atoms with Crippen molar-refractivity contribution in [3.8, 4) is 5.75 Å². The highest BCUT2D eigenvalue weighted by Crippen LogP contribution is 2.31. The summed E-state index contributed by atoms with van der Waals surface area (Å²) in [6.07, 6.45) is 0.368. The highest BCUT2D eigenvalue weighted by atomic mass is 35.5. The van der Waals surface area contributed by atoms with E-state index in [4.69, 9.17) is 16.3 Å². The van der Waals surface area contributed by atoms with Gasteiger partial charge in [0.05, 0.1) is 4.92 Å². The minimum absolute atomic E-state index is 0.0259. The van der Waals surface area contributed by atoms with Gasteiger partial charge < -0.3 is 4.74 Å². The van der Waals surface area contributed by atoms with Gasteiger partial charge in [0.2, 0.25) is 0 Å². The normalized spacial score (nSPS) is 18.4. The predicted octanol–water partition coefficient (Wildman–Crippen LogP) is 2.05. The number of carbonyl (C=O) groups excluding carboxylic acids is 1. The fraction of sp³-hybridized carbons (Fsp3) is 0.300. The van der Waals surface area contributed by atoms with E-state index in [1.807, 2.05) is 0 Å². The van der Waals surface area contributed by atoms with Crippen molar-refractivity contribution in [2.45, 2.75) is 18.9 Å². The molecule has 0 radical (unpaired) electrons. The molecule has 1 aromatic carbocycles. The second kappa shape index (κ2) is 4.09. The molecule has 0 saturated heterocycles. The van der Waals surface area contributed by atoms with Gasteiger partial charge in [0.1, 0.15) is 5.75 Å². The molecule has 1 unspecified atom stereocenters.